The van der Waals surface area contributed by atoms with Crippen molar-refractivity contribution in [2.24, 2.45) is 11.8 Å². The van der Waals surface area contributed by atoms with Crippen LogP contribution in [0.15, 0.2) is 30.3 Å². The van der Waals surface area contributed by atoms with E-state index < -0.39 is 0 Å². The molecule has 3 nitrogen and oxygen atoms in total. The van der Waals surface area contributed by atoms with E-state index in [0.29, 0.717) is 23.6 Å². The van der Waals surface area contributed by atoms with Crippen LogP contribution in [0.3, 0.4) is 0 Å². The predicted octanol–water partition coefficient (Wildman–Crippen LogP) is 8.56. The van der Waals surface area contributed by atoms with Gasteiger partial charge >= 0.3 is 0 Å². The van der Waals surface area contributed by atoms with Crippen LogP contribution in [0.25, 0.3) is 11.3 Å². The Morgan fingerprint density at radius 2 is 1.55 bits per heavy atom. The molecule has 0 bridgehead atoms. The molecule has 1 aliphatic rings. The topological polar surface area (TPSA) is 35.0 Å². The number of ether oxygens (including phenoxy) is 1. The molecule has 0 aliphatic heterocycles. The van der Waals surface area contributed by atoms with Crippen LogP contribution in [0.1, 0.15) is 103 Å². The van der Waals surface area contributed by atoms with Gasteiger partial charge in [0.25, 0.3) is 0 Å². The van der Waals surface area contributed by atoms with Crippen molar-refractivity contribution in [3.8, 4) is 17.0 Å². The molecule has 0 atom stereocenters. The molecular formula is C29H43FN2O. The second kappa shape index (κ2) is 14.3. The molecule has 0 spiro atoms. The molecule has 1 fully saturated rings. The van der Waals surface area contributed by atoms with Crippen molar-refractivity contribution in [1.29, 1.82) is 0 Å². The summed E-state index contributed by atoms with van der Waals surface area (Å²) in [6.07, 6.45) is 17.9. The SMILES string of the molecule is CCCCCCC1CCC(CCc2ccc(-c3ccc(OCCCCC)cc3F)nn2)CC1. The second-order valence-electron chi connectivity index (χ2n) is 9.88. The molecule has 0 saturated heterocycles. The van der Waals surface area contributed by atoms with Crippen LogP contribution >= 0.6 is 0 Å². The normalized spacial score (nSPS) is 18.4. The third-order valence-electron chi connectivity index (χ3n) is 7.19. The van der Waals surface area contributed by atoms with Crippen LogP contribution in [0.2, 0.25) is 0 Å². The van der Waals surface area contributed by atoms with Crippen LogP contribution in [0, 0.1) is 17.7 Å². The number of hydrogen-bond donors (Lipinski definition) is 0. The number of aryl methyl sites for hydroxylation is 1. The number of rotatable bonds is 14. The Kier molecular flexibility index (Phi) is 11.1. The summed E-state index contributed by atoms with van der Waals surface area (Å²) in [6, 6.07) is 8.93. The maximum Gasteiger partial charge on any atom is 0.136 e. The van der Waals surface area contributed by atoms with Gasteiger partial charge in [-0.2, -0.15) is 10.2 Å². The maximum absolute atomic E-state index is 14.6. The van der Waals surface area contributed by atoms with Crippen LogP contribution in [0.4, 0.5) is 4.39 Å². The fourth-order valence-electron chi connectivity index (χ4n) is 4.99. The van der Waals surface area contributed by atoms with Crippen LogP contribution in [0.5, 0.6) is 5.75 Å². The Morgan fingerprint density at radius 3 is 2.21 bits per heavy atom. The maximum atomic E-state index is 14.6. The third kappa shape index (κ3) is 8.72. The zero-order valence-corrected chi connectivity index (χ0v) is 20.8. The molecule has 1 heterocycles. The largest absolute Gasteiger partial charge is 0.493 e. The van der Waals surface area contributed by atoms with E-state index in [2.05, 4.69) is 24.0 Å². The predicted molar refractivity (Wildman–Crippen MR) is 135 cm³/mol. The minimum atomic E-state index is -0.309. The Labute approximate surface area is 200 Å². The van der Waals surface area contributed by atoms with E-state index in [4.69, 9.17) is 4.74 Å². The molecule has 3 rings (SSSR count). The van der Waals surface area contributed by atoms with Gasteiger partial charge in [0, 0.05) is 11.6 Å². The van der Waals surface area contributed by atoms with Crippen LogP contribution in [-0.4, -0.2) is 16.8 Å². The highest BCUT2D eigenvalue weighted by atomic mass is 19.1. The summed E-state index contributed by atoms with van der Waals surface area (Å²) >= 11 is 0. The number of aromatic nitrogens is 2. The summed E-state index contributed by atoms with van der Waals surface area (Å²) in [5, 5.41) is 8.72. The zero-order chi connectivity index (χ0) is 23.3. The zero-order valence-electron chi connectivity index (χ0n) is 20.8. The van der Waals surface area contributed by atoms with Gasteiger partial charge in [-0.1, -0.05) is 84.5 Å². The molecule has 1 aliphatic carbocycles. The van der Waals surface area contributed by atoms with E-state index in [1.165, 1.54) is 70.3 Å². The number of unbranched alkanes of at least 4 members (excludes halogenated alkanes) is 5. The Hall–Kier alpha value is -1.97. The molecule has 0 radical (unpaired) electrons. The average molecular weight is 455 g/mol. The number of nitrogens with zero attached hydrogens (tertiary/aromatic N) is 2. The highest BCUT2D eigenvalue weighted by Crippen LogP contribution is 2.34. The van der Waals surface area contributed by atoms with Crippen molar-refractivity contribution in [1.82, 2.24) is 10.2 Å². The van der Waals surface area contributed by atoms with Crippen LogP contribution < -0.4 is 4.74 Å². The van der Waals surface area contributed by atoms with E-state index >= 15 is 0 Å². The van der Waals surface area contributed by atoms with Gasteiger partial charge in [0.2, 0.25) is 0 Å². The summed E-state index contributed by atoms with van der Waals surface area (Å²) in [5.74, 6) is 2.05. The lowest BCUT2D eigenvalue weighted by molar-refractivity contribution is 0.248. The van der Waals surface area contributed by atoms with E-state index in [1.807, 2.05) is 18.2 Å². The fourth-order valence-corrected chi connectivity index (χ4v) is 4.99. The van der Waals surface area contributed by atoms with E-state index in [1.54, 1.807) is 6.07 Å². The monoisotopic (exact) mass is 454 g/mol. The highest BCUT2D eigenvalue weighted by Gasteiger charge is 2.21. The summed E-state index contributed by atoms with van der Waals surface area (Å²) in [7, 11) is 0. The molecule has 1 aromatic carbocycles. The van der Waals surface area contributed by atoms with E-state index in [-0.39, 0.29) is 5.82 Å². The summed E-state index contributed by atoms with van der Waals surface area (Å²) in [4.78, 5) is 0. The van der Waals surface area contributed by atoms with Crippen molar-refractivity contribution in [3.63, 3.8) is 0 Å². The minimum absolute atomic E-state index is 0.309. The Bertz CT molecular complexity index is 800. The van der Waals surface area contributed by atoms with Gasteiger partial charge in [-0.05, 0) is 55.4 Å². The first-order valence-corrected chi connectivity index (χ1v) is 13.4. The minimum Gasteiger partial charge on any atom is -0.493 e. The van der Waals surface area contributed by atoms with Gasteiger partial charge in [0.05, 0.1) is 18.0 Å². The van der Waals surface area contributed by atoms with Gasteiger partial charge in [0.1, 0.15) is 11.6 Å². The molecule has 0 amide bonds. The third-order valence-corrected chi connectivity index (χ3v) is 7.19. The quantitative estimate of drug-likeness (QED) is 0.268. The first-order chi connectivity index (χ1) is 16.2. The molecule has 0 unspecified atom stereocenters. The van der Waals surface area contributed by atoms with Crippen molar-refractivity contribution in [3.05, 3.63) is 41.8 Å². The lowest BCUT2D eigenvalue weighted by Crippen LogP contribution is -2.15. The molecule has 33 heavy (non-hydrogen) atoms. The fraction of sp³-hybridized carbons (Fsp3) is 0.655. The van der Waals surface area contributed by atoms with Gasteiger partial charge in [0.15, 0.2) is 0 Å². The van der Waals surface area contributed by atoms with Gasteiger partial charge in [-0.3, -0.25) is 0 Å². The Balaban J connectivity index is 1.41. The van der Waals surface area contributed by atoms with E-state index in [0.717, 1.165) is 43.2 Å². The first-order valence-electron chi connectivity index (χ1n) is 13.4. The smallest absolute Gasteiger partial charge is 0.136 e. The molecule has 2 aromatic rings. The van der Waals surface area contributed by atoms with Crippen molar-refractivity contribution < 1.29 is 9.13 Å². The standard InChI is InChI=1S/C29H43FN2O/c1-3-5-7-8-10-23-11-13-24(14-12-23)15-16-25-17-20-29(32-31-25)27-19-18-26(22-28(27)30)33-21-9-6-4-2/h17-20,22-24H,3-16,21H2,1-2H3. The number of hydrogen-bond acceptors (Lipinski definition) is 3. The molecular weight excluding hydrogens is 411 g/mol. The molecule has 0 N–H and O–H groups in total. The number of benzene rings is 1. The van der Waals surface area contributed by atoms with Crippen LogP contribution in [-0.2, 0) is 6.42 Å². The van der Waals surface area contributed by atoms with E-state index in [9.17, 15) is 4.39 Å². The molecule has 1 aromatic heterocycles. The van der Waals surface area contributed by atoms with Crippen molar-refractivity contribution >= 4 is 0 Å². The lowest BCUT2D eigenvalue weighted by Gasteiger charge is -2.28. The lowest BCUT2D eigenvalue weighted by atomic mass is 9.78. The van der Waals surface area contributed by atoms with Gasteiger partial charge in [-0.15, -0.1) is 0 Å². The Morgan fingerprint density at radius 1 is 0.818 bits per heavy atom. The first kappa shape index (κ1) is 25.6. The van der Waals surface area contributed by atoms with Crippen molar-refractivity contribution in [2.45, 2.75) is 104 Å². The average Bonchev–Trinajstić information content (AvgIpc) is 2.84. The summed E-state index contributed by atoms with van der Waals surface area (Å²) in [5.41, 5.74) is 2.07. The summed E-state index contributed by atoms with van der Waals surface area (Å²) < 4.78 is 20.3. The highest BCUT2D eigenvalue weighted by molar-refractivity contribution is 5.60. The molecule has 182 valence electrons. The summed E-state index contributed by atoms with van der Waals surface area (Å²) in [6.45, 7) is 5.06. The van der Waals surface area contributed by atoms with Crippen molar-refractivity contribution in [2.75, 3.05) is 6.61 Å². The second-order valence-corrected chi connectivity index (χ2v) is 9.88. The van der Waals surface area contributed by atoms with Gasteiger partial charge in [-0.25, -0.2) is 4.39 Å². The number of halogens is 1. The molecule has 1 saturated carbocycles. The molecule has 4 heteroatoms. The van der Waals surface area contributed by atoms with Gasteiger partial charge < -0.3 is 4.74 Å².